The van der Waals surface area contributed by atoms with Crippen molar-refractivity contribution in [1.82, 2.24) is 0 Å². The Bertz CT molecular complexity index is 810. The van der Waals surface area contributed by atoms with E-state index in [9.17, 15) is 54.7 Å². The first-order chi connectivity index (χ1) is 15.8. The van der Waals surface area contributed by atoms with E-state index in [1.54, 1.807) is 0 Å². The summed E-state index contributed by atoms with van der Waals surface area (Å²) < 4.78 is 143. The summed E-state index contributed by atoms with van der Waals surface area (Å²) in [6.07, 6.45) is -4.42. The van der Waals surface area contributed by atoms with E-state index in [0.29, 0.717) is 25.7 Å². The maximum atomic E-state index is 15.0. The molecule has 0 aromatic heterocycles. The number of esters is 1. The molecule has 0 spiro atoms. The lowest BCUT2D eigenvalue weighted by Crippen LogP contribution is -2.68. The zero-order chi connectivity index (χ0) is 26.7. The van der Waals surface area contributed by atoms with Gasteiger partial charge in [-0.3, -0.25) is 5.04 Å². The second-order valence-electron chi connectivity index (χ2n) is 9.73. The van der Waals surface area contributed by atoms with Crippen LogP contribution in [0, 0.1) is 22.7 Å². The lowest BCUT2D eigenvalue weighted by Gasteiger charge is -2.61. The van der Waals surface area contributed by atoms with Crippen molar-refractivity contribution >= 4 is 18.0 Å². The molecule has 0 amide bonds. The molecule has 1 N–H and O–H groups in total. The maximum Gasteiger partial charge on any atom is 0.460 e. The molecule has 0 radical (unpaired) electrons. The lowest BCUT2D eigenvalue weighted by molar-refractivity contribution is -0.777. The number of aliphatic hydroxyl groups is 1. The van der Waals surface area contributed by atoms with Crippen LogP contribution in [0.3, 0.4) is 0 Å². The van der Waals surface area contributed by atoms with Crippen molar-refractivity contribution < 1.29 is 73.2 Å². The molecule has 4 aliphatic carbocycles. The van der Waals surface area contributed by atoms with Crippen LogP contribution in [0.2, 0.25) is 0 Å². The van der Waals surface area contributed by atoms with Gasteiger partial charge in [0.1, 0.15) is 0 Å². The molecule has 0 aromatic carbocycles. The van der Waals surface area contributed by atoms with Crippen LogP contribution in [0.1, 0.15) is 38.5 Å². The summed E-state index contributed by atoms with van der Waals surface area (Å²) in [6, 6.07) is 0. The van der Waals surface area contributed by atoms with Gasteiger partial charge in [-0.1, -0.05) is 0 Å². The maximum absolute atomic E-state index is 15.0. The first-order valence-corrected chi connectivity index (χ1v) is 10.9. The minimum Gasteiger partial charge on any atom is -0.691 e. The first-order valence-electron chi connectivity index (χ1n) is 10.1. The van der Waals surface area contributed by atoms with E-state index in [0.717, 1.165) is 6.42 Å². The first kappa shape index (κ1) is 28.5. The van der Waals surface area contributed by atoms with Gasteiger partial charge in [-0.05, 0) is 55.8 Å². The third-order valence-corrected chi connectivity index (χ3v) is 7.91. The lowest BCUT2D eigenvalue weighted by atomic mass is 9.44. The fraction of sp³-hybridized carbons (Fsp3) is 0.944. The Balaban J connectivity index is 1.88. The summed E-state index contributed by atoms with van der Waals surface area (Å²) >= 11 is -1.83. The third-order valence-electron chi connectivity index (χ3n) is 7.14. The molecule has 17 heteroatoms. The van der Waals surface area contributed by atoms with Crippen LogP contribution in [0.15, 0.2) is 0 Å². The molecule has 0 saturated heterocycles. The smallest absolute Gasteiger partial charge is 0.460 e. The van der Waals surface area contributed by atoms with Crippen molar-refractivity contribution in [2.24, 2.45) is 22.7 Å². The van der Waals surface area contributed by atoms with Gasteiger partial charge in [0.25, 0.3) is 0 Å². The molecule has 3 atom stereocenters. The highest BCUT2D eigenvalue weighted by Crippen LogP contribution is 2.65. The van der Waals surface area contributed by atoms with Crippen LogP contribution in [-0.2, 0) is 18.9 Å². The Morgan fingerprint density at radius 2 is 1.40 bits per heavy atom. The summed E-state index contributed by atoms with van der Waals surface area (Å²) in [4.78, 5) is 12.2. The summed E-state index contributed by atoms with van der Waals surface area (Å²) in [5.41, 5.74) is -1.58. The largest absolute Gasteiger partial charge is 0.691 e. The molecule has 0 aliphatic heterocycles. The SMILES string of the molecule is O=C(OCC12CC3CC(CC(CO)(C3)C1)C2)C(F)(SOO[O-])C(F)(F)C(F)(F)C(F)(F)C(F)(F)F. The quantitative estimate of drug-likeness (QED) is 0.143. The van der Waals surface area contributed by atoms with Gasteiger partial charge in [0.2, 0.25) is 0 Å². The number of ether oxygens (including phenoxy) is 1. The van der Waals surface area contributed by atoms with Gasteiger partial charge in [-0.25, -0.2) is 9.18 Å². The Morgan fingerprint density at radius 1 is 0.886 bits per heavy atom. The fourth-order valence-corrected chi connectivity index (χ4v) is 6.65. The molecule has 4 aliphatic rings. The highest BCUT2D eigenvalue weighted by Gasteiger charge is 2.88. The van der Waals surface area contributed by atoms with Gasteiger partial charge in [0, 0.05) is 12.0 Å². The van der Waals surface area contributed by atoms with Crippen molar-refractivity contribution in [1.29, 1.82) is 0 Å². The second kappa shape index (κ2) is 8.77. The molecule has 0 heterocycles. The van der Waals surface area contributed by atoms with Crippen molar-refractivity contribution in [3.8, 4) is 0 Å². The Kier molecular flexibility index (Phi) is 7.15. The molecule has 204 valence electrons. The Hall–Kier alpha value is -1.04. The normalized spacial score (nSPS) is 33.0. The molecule has 4 bridgehead atoms. The van der Waals surface area contributed by atoms with E-state index < -0.39 is 64.4 Å². The number of carbonyl (C=O) groups is 1. The van der Waals surface area contributed by atoms with Gasteiger partial charge < -0.3 is 15.1 Å². The predicted octanol–water partition coefficient (Wildman–Crippen LogP) is 4.11. The Labute approximate surface area is 195 Å². The van der Waals surface area contributed by atoms with E-state index >= 15 is 4.39 Å². The van der Waals surface area contributed by atoms with Crippen molar-refractivity contribution in [3.63, 3.8) is 0 Å². The van der Waals surface area contributed by atoms with Crippen LogP contribution in [0.5, 0.6) is 0 Å². The third kappa shape index (κ3) is 4.38. The van der Waals surface area contributed by atoms with E-state index in [-0.39, 0.29) is 24.9 Å². The minimum atomic E-state index is -7.53. The highest BCUT2D eigenvalue weighted by atomic mass is 32.2. The van der Waals surface area contributed by atoms with Crippen molar-refractivity contribution in [2.45, 2.75) is 67.5 Å². The van der Waals surface area contributed by atoms with Crippen LogP contribution in [0.25, 0.3) is 0 Å². The number of alkyl halides is 10. The molecule has 35 heavy (non-hydrogen) atoms. The fourth-order valence-electron chi connectivity index (χ4n) is 6.17. The molecule has 4 saturated carbocycles. The zero-order valence-corrected chi connectivity index (χ0v) is 18.3. The molecule has 4 fully saturated rings. The topological polar surface area (TPSA) is 88.1 Å². The number of halogens is 10. The minimum absolute atomic E-state index is 0.0278. The van der Waals surface area contributed by atoms with E-state index in [2.05, 4.69) is 14.1 Å². The summed E-state index contributed by atoms with van der Waals surface area (Å²) in [5, 5.41) is 16.5. The number of carbonyl (C=O) groups excluding carboxylic acids is 1. The standard InChI is InChI=1S/C18H20F10O6S/c19-14(35-34-33-31,15(20,21)16(22,23)17(24,25)18(26,27)28)11(30)32-8-13-4-9-1-10(5-13)3-12(2-9,6-13)7-29/h9-10,29,31H,1-8H2/p-1. The average molecular weight is 553 g/mol. The van der Waals surface area contributed by atoms with Crippen molar-refractivity contribution in [2.75, 3.05) is 13.2 Å². The highest BCUT2D eigenvalue weighted by molar-refractivity contribution is 7.96. The summed E-state index contributed by atoms with van der Waals surface area (Å²) in [5.74, 6) is -25.1. The number of rotatable bonds is 10. The summed E-state index contributed by atoms with van der Waals surface area (Å²) in [7, 11) is 0. The molecular weight excluding hydrogens is 534 g/mol. The molecule has 3 unspecified atom stereocenters. The molecule has 4 rings (SSSR count). The van der Waals surface area contributed by atoms with E-state index in [1.807, 2.05) is 0 Å². The zero-order valence-electron chi connectivity index (χ0n) is 17.5. The monoisotopic (exact) mass is 553 g/mol. The molecular formula is C18H19F10O6S-. The van der Waals surface area contributed by atoms with E-state index in [4.69, 9.17) is 0 Å². The number of hydrogen-bond donors (Lipinski definition) is 1. The second-order valence-corrected chi connectivity index (χ2v) is 10.6. The van der Waals surface area contributed by atoms with Gasteiger partial charge in [0.05, 0.1) is 18.6 Å². The van der Waals surface area contributed by atoms with Crippen LogP contribution < -0.4 is 5.26 Å². The average Bonchev–Trinajstić information content (AvgIpc) is 2.73. The molecule has 0 aromatic rings. The van der Waals surface area contributed by atoms with Crippen LogP contribution in [0.4, 0.5) is 43.9 Å². The van der Waals surface area contributed by atoms with Gasteiger partial charge >= 0.3 is 34.9 Å². The van der Waals surface area contributed by atoms with Crippen LogP contribution in [-0.4, -0.2) is 53.2 Å². The Morgan fingerprint density at radius 3 is 1.86 bits per heavy atom. The van der Waals surface area contributed by atoms with Crippen molar-refractivity contribution in [3.05, 3.63) is 0 Å². The summed E-state index contributed by atoms with van der Waals surface area (Å²) in [6.45, 7) is -1.13. The van der Waals surface area contributed by atoms with Gasteiger partial charge in [-0.2, -0.15) is 43.8 Å². The molecule has 6 nitrogen and oxygen atoms in total. The van der Waals surface area contributed by atoms with Gasteiger partial charge in [-0.15, -0.1) is 0 Å². The van der Waals surface area contributed by atoms with Crippen LogP contribution >= 0.6 is 12.0 Å². The predicted molar refractivity (Wildman–Crippen MR) is 92.1 cm³/mol. The van der Waals surface area contributed by atoms with Gasteiger partial charge in [0.15, 0.2) is 0 Å². The number of hydrogen-bond acceptors (Lipinski definition) is 7. The number of aliphatic hydroxyl groups excluding tert-OH is 1. The van der Waals surface area contributed by atoms with E-state index in [1.165, 1.54) is 0 Å².